The molecule has 0 spiro atoms. The highest BCUT2D eigenvalue weighted by atomic mass is 19.4. The number of aliphatic carboxylic acids is 1. The Morgan fingerprint density at radius 3 is 1.91 bits per heavy atom. The molecule has 0 heterocycles. The number of anilines is 1. The number of carboxylic acids is 1. The van der Waals surface area contributed by atoms with E-state index in [-0.39, 0.29) is 24.1 Å². The first-order valence-electron chi connectivity index (χ1n) is 13.4. The first-order valence-corrected chi connectivity index (χ1v) is 13.4. The van der Waals surface area contributed by atoms with Gasteiger partial charge in [0.25, 0.3) is 5.91 Å². The third-order valence-electron chi connectivity index (χ3n) is 6.41. The van der Waals surface area contributed by atoms with Gasteiger partial charge in [-0.15, -0.1) is 26.3 Å². The van der Waals surface area contributed by atoms with Gasteiger partial charge in [0.05, 0.1) is 18.0 Å². The molecule has 0 saturated heterocycles. The van der Waals surface area contributed by atoms with Crippen LogP contribution in [0.25, 0.3) is 0 Å². The number of hydrogen-bond donors (Lipinski definition) is 3. The first-order chi connectivity index (χ1) is 21.1. The number of hydrogen-bond acceptors (Lipinski definition) is 5. The molecule has 3 N–H and O–H groups in total. The monoisotopic (exact) mass is 644 g/mol. The van der Waals surface area contributed by atoms with E-state index in [2.05, 4.69) is 20.1 Å². The fraction of sp³-hybridized carbons (Fsp3) is 0.300. The van der Waals surface area contributed by atoms with E-state index < -0.39 is 65.3 Å². The fourth-order valence-electron chi connectivity index (χ4n) is 4.55. The van der Waals surface area contributed by atoms with Crippen LogP contribution in [0.3, 0.4) is 0 Å². The molecule has 0 radical (unpaired) electrons. The van der Waals surface area contributed by atoms with Crippen LogP contribution in [0.15, 0.2) is 66.7 Å². The van der Waals surface area contributed by atoms with Gasteiger partial charge in [-0.2, -0.15) is 0 Å². The van der Waals surface area contributed by atoms with Crippen LogP contribution in [-0.4, -0.2) is 42.2 Å². The Morgan fingerprint density at radius 2 is 1.38 bits per heavy atom. The predicted molar refractivity (Wildman–Crippen MR) is 146 cm³/mol. The van der Waals surface area contributed by atoms with Gasteiger partial charge in [-0.25, -0.2) is 4.39 Å². The van der Waals surface area contributed by atoms with E-state index in [1.54, 1.807) is 12.1 Å². The molecule has 3 aromatic carbocycles. The molecule has 0 aromatic heterocycles. The summed E-state index contributed by atoms with van der Waals surface area (Å²) in [6, 6.07) is 12.6. The van der Waals surface area contributed by atoms with Crippen molar-refractivity contribution >= 4 is 23.5 Å². The summed E-state index contributed by atoms with van der Waals surface area (Å²) in [7, 11) is 0. The molecule has 0 unspecified atom stereocenters. The summed E-state index contributed by atoms with van der Waals surface area (Å²) in [6.07, 6.45) is -9.48. The van der Waals surface area contributed by atoms with Crippen molar-refractivity contribution in [3.63, 3.8) is 0 Å². The smallest absolute Gasteiger partial charge is 0.481 e. The average Bonchev–Trinajstić information content (AvgIpc) is 2.93. The Labute approximate surface area is 252 Å². The van der Waals surface area contributed by atoms with Crippen molar-refractivity contribution in [2.75, 3.05) is 11.9 Å². The second kappa shape index (κ2) is 14.8. The van der Waals surface area contributed by atoms with E-state index in [0.29, 0.717) is 24.5 Å². The van der Waals surface area contributed by atoms with E-state index in [1.807, 2.05) is 6.92 Å². The van der Waals surface area contributed by atoms with Crippen LogP contribution in [-0.2, 0) is 9.59 Å². The fourth-order valence-corrected chi connectivity index (χ4v) is 4.55. The maximum Gasteiger partial charge on any atom is 0.573 e. The van der Waals surface area contributed by atoms with Crippen LogP contribution >= 0.6 is 0 Å². The van der Waals surface area contributed by atoms with Crippen molar-refractivity contribution in [1.82, 2.24) is 5.32 Å². The number of amides is 2. The Bertz CT molecular complexity index is 1480. The van der Waals surface area contributed by atoms with E-state index >= 15 is 0 Å². The Kier molecular flexibility index (Phi) is 11.4. The number of rotatable bonds is 13. The molecule has 0 saturated carbocycles. The number of benzene rings is 3. The van der Waals surface area contributed by atoms with Gasteiger partial charge in [-0.05, 0) is 59.9 Å². The van der Waals surface area contributed by atoms with Gasteiger partial charge in [0.2, 0.25) is 5.91 Å². The summed E-state index contributed by atoms with van der Waals surface area (Å²) in [5, 5.41) is 13.6. The molecule has 15 heteroatoms. The molecule has 45 heavy (non-hydrogen) atoms. The molecule has 2 atom stereocenters. The van der Waals surface area contributed by atoms with E-state index in [1.165, 1.54) is 24.3 Å². The van der Waals surface area contributed by atoms with Gasteiger partial charge >= 0.3 is 18.7 Å². The quantitative estimate of drug-likeness (QED) is 0.171. The molecule has 2 amide bonds. The molecule has 0 bridgehead atoms. The number of halogens is 7. The lowest BCUT2D eigenvalue weighted by molar-refractivity contribution is -0.275. The number of alkyl halides is 6. The Hall–Kier alpha value is -4.82. The van der Waals surface area contributed by atoms with Gasteiger partial charge in [0.15, 0.2) is 0 Å². The largest absolute Gasteiger partial charge is 0.573 e. The SMILES string of the molecule is CCC[C@H](c1ccc(C(=O)NCCC(=O)O)cc1)[C@@H](C(=O)Nc1ccc(OC(F)(F)F)cc1F)c1ccc(OC(F)(F)F)cc1. The van der Waals surface area contributed by atoms with Crippen molar-refractivity contribution in [3.05, 3.63) is 89.2 Å². The van der Waals surface area contributed by atoms with Gasteiger partial charge in [0.1, 0.15) is 17.3 Å². The summed E-state index contributed by atoms with van der Waals surface area (Å²) in [6.45, 7) is 1.70. The third kappa shape index (κ3) is 10.7. The van der Waals surface area contributed by atoms with Crippen molar-refractivity contribution in [1.29, 1.82) is 0 Å². The minimum atomic E-state index is -5.08. The number of carbonyl (C=O) groups is 3. The van der Waals surface area contributed by atoms with Gasteiger partial charge in [-0.1, -0.05) is 37.6 Å². The molecule has 0 aliphatic carbocycles. The Morgan fingerprint density at radius 1 is 0.822 bits per heavy atom. The minimum absolute atomic E-state index is 0.107. The van der Waals surface area contributed by atoms with Crippen molar-refractivity contribution in [3.8, 4) is 11.5 Å². The standard InChI is InChI=1S/C30H27F7N2O6/c1-2-3-22(17-4-6-19(7-5-17)27(42)38-15-14-25(40)41)26(18-8-10-20(11-9-18)44-29(32,33)34)28(43)39-24-13-12-21(16-23(24)31)45-30(35,36)37/h4-13,16,22,26H,2-3,14-15H2,1H3,(H,38,42)(H,39,43)(H,40,41)/t22-,26+/m1/s1. The predicted octanol–water partition coefficient (Wildman–Crippen LogP) is 7.13. The van der Waals surface area contributed by atoms with Crippen molar-refractivity contribution < 1.29 is 59.7 Å². The third-order valence-corrected chi connectivity index (χ3v) is 6.41. The molecule has 242 valence electrons. The number of ether oxygens (including phenoxy) is 2. The van der Waals surface area contributed by atoms with E-state index in [9.17, 15) is 45.1 Å². The first kappa shape index (κ1) is 34.7. The maximum absolute atomic E-state index is 14.7. The van der Waals surface area contributed by atoms with Crippen molar-refractivity contribution in [2.24, 2.45) is 0 Å². The Balaban J connectivity index is 1.97. The van der Waals surface area contributed by atoms with Crippen LogP contribution in [0.4, 0.5) is 36.4 Å². The molecule has 0 aliphatic heterocycles. The lowest BCUT2D eigenvalue weighted by Gasteiger charge is -2.28. The molecule has 3 rings (SSSR count). The normalized spacial score (nSPS) is 13.0. The van der Waals surface area contributed by atoms with Crippen LogP contribution < -0.4 is 20.1 Å². The topological polar surface area (TPSA) is 114 Å². The molecule has 3 aromatic rings. The van der Waals surface area contributed by atoms with Crippen LogP contribution in [0.1, 0.15) is 59.5 Å². The van der Waals surface area contributed by atoms with E-state index in [4.69, 9.17) is 5.11 Å². The number of carbonyl (C=O) groups excluding carboxylic acids is 2. The summed E-state index contributed by atoms with van der Waals surface area (Å²) in [5.74, 6) is -6.94. The lowest BCUT2D eigenvalue weighted by atomic mass is 9.78. The van der Waals surface area contributed by atoms with Crippen LogP contribution in [0.2, 0.25) is 0 Å². The zero-order chi connectivity index (χ0) is 33.4. The molecular weight excluding hydrogens is 617 g/mol. The van der Waals surface area contributed by atoms with Gasteiger partial charge in [-0.3, -0.25) is 14.4 Å². The molecule has 0 fully saturated rings. The average molecular weight is 645 g/mol. The van der Waals surface area contributed by atoms with Crippen molar-refractivity contribution in [2.45, 2.75) is 50.7 Å². The zero-order valence-electron chi connectivity index (χ0n) is 23.5. The van der Waals surface area contributed by atoms with Crippen LogP contribution in [0.5, 0.6) is 11.5 Å². The summed E-state index contributed by atoms with van der Waals surface area (Å²) < 4.78 is 98.1. The number of carboxylic acid groups (broad SMARTS) is 1. The zero-order valence-corrected chi connectivity index (χ0v) is 23.5. The van der Waals surface area contributed by atoms with Gasteiger partial charge in [0, 0.05) is 18.2 Å². The molecule has 8 nitrogen and oxygen atoms in total. The highest BCUT2D eigenvalue weighted by Gasteiger charge is 2.34. The highest BCUT2D eigenvalue weighted by molar-refractivity contribution is 5.97. The second-order valence-electron chi connectivity index (χ2n) is 9.69. The summed E-state index contributed by atoms with van der Waals surface area (Å²) >= 11 is 0. The van der Waals surface area contributed by atoms with Gasteiger partial charge < -0.3 is 25.2 Å². The van der Waals surface area contributed by atoms with Crippen LogP contribution in [0, 0.1) is 5.82 Å². The lowest BCUT2D eigenvalue weighted by Crippen LogP contribution is -2.28. The second-order valence-corrected chi connectivity index (χ2v) is 9.69. The maximum atomic E-state index is 14.7. The summed E-state index contributed by atoms with van der Waals surface area (Å²) in [5.41, 5.74) is 0.468. The highest BCUT2D eigenvalue weighted by Crippen LogP contribution is 2.39. The number of nitrogens with one attached hydrogen (secondary N) is 2. The minimum Gasteiger partial charge on any atom is -0.481 e. The van der Waals surface area contributed by atoms with E-state index in [0.717, 1.165) is 24.3 Å². The molecular formula is C30H27F7N2O6. The molecule has 0 aliphatic rings. The summed E-state index contributed by atoms with van der Waals surface area (Å²) in [4.78, 5) is 36.8.